The molecule has 4 nitrogen and oxygen atoms in total. The Bertz CT molecular complexity index is 231. The smallest absolute Gasteiger partial charge is 0.215 e. The maximum absolute atomic E-state index is 11.5. The number of hydrogen-bond acceptors (Lipinski definition) is 3. The highest BCUT2D eigenvalue weighted by Crippen LogP contribution is 2.08. The van der Waals surface area contributed by atoms with E-state index < -0.39 is 12.1 Å². The molecule has 0 rings (SSSR count). The number of hydrogen-bond donors (Lipinski definition) is 2. The lowest BCUT2D eigenvalue weighted by Gasteiger charge is -2.23. The van der Waals surface area contributed by atoms with Gasteiger partial charge in [-0.3, -0.25) is 9.59 Å². The van der Waals surface area contributed by atoms with E-state index in [1.165, 1.54) is 7.85 Å². The van der Waals surface area contributed by atoms with Gasteiger partial charge in [-0.25, -0.2) is 0 Å². The zero-order valence-corrected chi connectivity index (χ0v) is 9.91. The van der Waals surface area contributed by atoms with E-state index in [1.807, 2.05) is 6.92 Å². The van der Waals surface area contributed by atoms with Crippen molar-refractivity contribution in [1.82, 2.24) is 5.32 Å². The zero-order valence-electron chi connectivity index (χ0n) is 9.91. The van der Waals surface area contributed by atoms with E-state index >= 15 is 0 Å². The van der Waals surface area contributed by atoms with Crippen molar-refractivity contribution in [1.29, 1.82) is 0 Å². The number of carbonyl (C=O) groups excluding carboxylic acids is 2. The average Bonchev–Trinajstić information content (AvgIpc) is 2.14. The summed E-state index contributed by atoms with van der Waals surface area (Å²) in [6.07, 6.45) is 0.334. The maximum Gasteiger partial charge on any atom is 0.215 e. The molecular formula is C10H20BNO3. The largest absolute Gasteiger partial charge is 0.383 e. The highest BCUT2D eigenvalue weighted by atomic mass is 16.3. The Kier molecular flexibility index (Phi) is 6.24. The third-order valence-electron chi connectivity index (χ3n) is 2.23. The number of carbonyl (C=O) groups is 2. The lowest BCUT2D eigenvalue weighted by Crippen LogP contribution is -2.47. The van der Waals surface area contributed by atoms with Crippen LogP contribution in [0, 0.1) is 5.92 Å². The molecule has 15 heavy (non-hydrogen) atoms. The van der Waals surface area contributed by atoms with Crippen molar-refractivity contribution in [3.63, 3.8) is 0 Å². The summed E-state index contributed by atoms with van der Waals surface area (Å²) in [5.74, 6) is -0.653. The minimum absolute atomic E-state index is 0.215. The monoisotopic (exact) mass is 213 g/mol. The second-order valence-electron chi connectivity index (χ2n) is 4.10. The Morgan fingerprint density at radius 2 is 1.93 bits per heavy atom. The number of nitrogens with one attached hydrogen (secondary N) is 1. The molecular weight excluding hydrogens is 193 g/mol. The molecule has 0 radical (unpaired) electrons. The molecule has 0 heterocycles. The minimum atomic E-state index is -1.09. The van der Waals surface area contributed by atoms with E-state index in [2.05, 4.69) is 5.32 Å². The van der Waals surface area contributed by atoms with Gasteiger partial charge in [-0.05, 0) is 6.42 Å². The van der Waals surface area contributed by atoms with E-state index in [-0.39, 0.29) is 17.5 Å². The van der Waals surface area contributed by atoms with Crippen LogP contribution in [0.3, 0.4) is 0 Å². The molecule has 0 aliphatic rings. The molecule has 0 saturated carbocycles. The van der Waals surface area contributed by atoms with Gasteiger partial charge in [-0.2, -0.15) is 0 Å². The average molecular weight is 213 g/mol. The molecule has 86 valence electrons. The van der Waals surface area contributed by atoms with Gasteiger partial charge in [0, 0.05) is 5.92 Å². The van der Waals surface area contributed by atoms with Gasteiger partial charge < -0.3 is 10.4 Å². The van der Waals surface area contributed by atoms with Crippen LogP contribution < -0.4 is 5.32 Å². The van der Waals surface area contributed by atoms with Gasteiger partial charge in [-0.1, -0.05) is 27.2 Å². The molecule has 0 aromatic rings. The number of amides is 1. The molecule has 0 bridgehead atoms. The first-order valence-corrected chi connectivity index (χ1v) is 5.39. The highest BCUT2D eigenvalue weighted by Gasteiger charge is 2.27. The van der Waals surface area contributed by atoms with E-state index in [1.54, 1.807) is 13.8 Å². The summed E-state index contributed by atoms with van der Waals surface area (Å²) in [5.41, 5.74) is 0. The fraction of sp³-hybridized carbons (Fsp3) is 0.800. The second kappa shape index (κ2) is 6.61. The van der Waals surface area contributed by atoms with Gasteiger partial charge in [0.1, 0.15) is 6.10 Å². The fourth-order valence-electron chi connectivity index (χ4n) is 1.42. The molecule has 1 unspecified atom stereocenters. The van der Waals surface area contributed by atoms with E-state index in [0.717, 1.165) is 6.42 Å². The van der Waals surface area contributed by atoms with Crippen molar-refractivity contribution in [3.8, 4) is 0 Å². The maximum atomic E-state index is 11.5. The lowest BCUT2D eigenvalue weighted by molar-refractivity contribution is -0.131. The number of Topliss-reactive ketones (excluding diaryl/α,β-unsaturated/α-hetero) is 1. The topological polar surface area (TPSA) is 66.4 Å². The predicted octanol–water partition coefficient (Wildman–Crippen LogP) is 0.0838. The third kappa shape index (κ3) is 4.97. The molecule has 2 atom stereocenters. The fourth-order valence-corrected chi connectivity index (χ4v) is 1.42. The van der Waals surface area contributed by atoms with Crippen molar-refractivity contribution in [3.05, 3.63) is 0 Å². The lowest BCUT2D eigenvalue weighted by atomic mass is 9.94. The van der Waals surface area contributed by atoms with E-state index in [9.17, 15) is 14.7 Å². The van der Waals surface area contributed by atoms with Gasteiger partial charge in [0.2, 0.25) is 7.85 Å². The third-order valence-corrected chi connectivity index (χ3v) is 2.23. The Hall–Kier alpha value is -0.835. The molecule has 2 N–H and O–H groups in total. The quantitative estimate of drug-likeness (QED) is 0.614. The van der Waals surface area contributed by atoms with E-state index in [0.29, 0.717) is 6.42 Å². The number of aliphatic hydroxyl groups excluding tert-OH is 1. The molecule has 1 amide bonds. The summed E-state index contributed by atoms with van der Waals surface area (Å²) in [7, 11) is 1.38. The Labute approximate surface area is 91.8 Å². The van der Waals surface area contributed by atoms with Crippen molar-refractivity contribution >= 4 is 19.4 Å². The Morgan fingerprint density at radius 3 is 2.27 bits per heavy atom. The van der Waals surface area contributed by atoms with Crippen LogP contribution in [0.1, 0.15) is 33.6 Å². The van der Waals surface area contributed by atoms with Crippen LogP contribution >= 0.6 is 0 Å². The summed E-state index contributed by atoms with van der Waals surface area (Å²) in [6.45, 7) is 5.42. The standard InChI is InChI=1S/C10H20BNO3/c1-4-5-7(12-10(11)15)9(14)8(13)6(2)3/h6-7,9,14H,4-5,11H2,1-3H3,(H,12,15)/t7-,9?/m0/s1. The van der Waals surface area contributed by atoms with Gasteiger partial charge >= 0.3 is 0 Å². The zero-order chi connectivity index (χ0) is 12.0. The molecule has 0 fully saturated rings. The second-order valence-corrected chi connectivity index (χ2v) is 4.10. The Balaban J connectivity index is 4.46. The molecule has 0 saturated heterocycles. The first-order chi connectivity index (χ1) is 6.90. The van der Waals surface area contributed by atoms with Gasteiger partial charge in [0.15, 0.2) is 11.6 Å². The molecule has 0 aromatic heterocycles. The van der Waals surface area contributed by atoms with E-state index in [4.69, 9.17) is 0 Å². The van der Waals surface area contributed by atoms with Gasteiger partial charge in [0.05, 0.1) is 6.04 Å². The summed E-state index contributed by atoms with van der Waals surface area (Å²) in [4.78, 5) is 22.4. The number of aliphatic hydroxyl groups is 1. The SMILES string of the molecule is BC(=O)N[C@@H](CCC)C(O)C(=O)C(C)C. The van der Waals surface area contributed by atoms with Crippen LogP contribution in [0.5, 0.6) is 0 Å². The Morgan fingerprint density at radius 1 is 1.40 bits per heavy atom. The van der Waals surface area contributed by atoms with Crippen LogP contribution in [0.15, 0.2) is 0 Å². The molecule has 0 aliphatic heterocycles. The van der Waals surface area contributed by atoms with Crippen LogP contribution in [0.4, 0.5) is 4.79 Å². The summed E-state index contributed by atoms with van der Waals surface area (Å²) < 4.78 is 0. The number of rotatable bonds is 6. The van der Waals surface area contributed by atoms with Gasteiger partial charge in [-0.15, -0.1) is 0 Å². The van der Waals surface area contributed by atoms with Crippen molar-refractivity contribution in [2.75, 3.05) is 0 Å². The highest BCUT2D eigenvalue weighted by molar-refractivity contribution is 6.57. The minimum Gasteiger partial charge on any atom is -0.383 e. The summed E-state index contributed by atoms with van der Waals surface area (Å²) in [5, 5.41) is 12.4. The molecule has 0 aromatic carbocycles. The van der Waals surface area contributed by atoms with Crippen LogP contribution in [0.25, 0.3) is 0 Å². The summed E-state index contributed by atoms with van der Waals surface area (Å²) >= 11 is 0. The van der Waals surface area contributed by atoms with Crippen molar-refractivity contribution in [2.45, 2.75) is 45.8 Å². The summed E-state index contributed by atoms with van der Waals surface area (Å²) in [6, 6.07) is -0.456. The van der Waals surface area contributed by atoms with Crippen LogP contribution in [-0.2, 0) is 4.79 Å². The van der Waals surface area contributed by atoms with Crippen LogP contribution in [-0.4, -0.2) is 36.7 Å². The molecule has 0 spiro atoms. The molecule has 0 aliphatic carbocycles. The van der Waals surface area contributed by atoms with Crippen LogP contribution in [0.2, 0.25) is 0 Å². The first kappa shape index (κ1) is 14.2. The normalized spacial score (nSPS) is 14.7. The number of ketones is 1. The van der Waals surface area contributed by atoms with Crippen molar-refractivity contribution < 1.29 is 14.7 Å². The van der Waals surface area contributed by atoms with Gasteiger partial charge in [0.25, 0.3) is 0 Å². The van der Waals surface area contributed by atoms with Crippen molar-refractivity contribution in [2.24, 2.45) is 5.92 Å². The molecule has 5 heteroatoms. The first-order valence-electron chi connectivity index (χ1n) is 5.39. The predicted molar refractivity (Wildman–Crippen MR) is 61.6 cm³/mol.